The van der Waals surface area contributed by atoms with Crippen LogP contribution in [0.5, 0.6) is 0 Å². The van der Waals surface area contributed by atoms with Crippen molar-refractivity contribution in [3.63, 3.8) is 0 Å². The van der Waals surface area contributed by atoms with Gasteiger partial charge >= 0.3 is 0 Å². The zero-order valence-electron chi connectivity index (χ0n) is 6.40. The van der Waals surface area contributed by atoms with Gasteiger partial charge in [-0.1, -0.05) is 0 Å². The molecule has 2 rings (SSSR count). The normalized spacial score (nSPS) is 11.0. The van der Waals surface area contributed by atoms with Gasteiger partial charge in [-0.15, -0.1) is 0 Å². The Morgan fingerprint density at radius 2 is 2.42 bits per heavy atom. The Morgan fingerprint density at radius 3 is 3.08 bits per heavy atom. The summed E-state index contributed by atoms with van der Waals surface area (Å²) in [5.74, 6) is 0.838. The monoisotopic (exact) mass is 160 g/mol. The molecule has 0 unspecified atom stereocenters. The number of hydrogen-bond donors (Lipinski definition) is 1. The number of aromatic nitrogens is 2. The fraction of sp³-hybridized carbons (Fsp3) is 0. The Morgan fingerprint density at radius 1 is 1.42 bits per heavy atom. The molecule has 0 aliphatic heterocycles. The molecule has 0 saturated heterocycles. The summed E-state index contributed by atoms with van der Waals surface area (Å²) >= 11 is 0. The van der Waals surface area contributed by atoms with Crippen LogP contribution >= 0.6 is 0 Å². The van der Waals surface area contributed by atoms with Crippen molar-refractivity contribution in [1.29, 1.82) is 0 Å². The molecule has 0 spiro atoms. The molecule has 0 amide bonds. The highest BCUT2D eigenvalue weighted by Crippen LogP contribution is 2.05. The summed E-state index contributed by atoms with van der Waals surface area (Å²) < 4.78 is 5.11. The van der Waals surface area contributed by atoms with Crippen LogP contribution in [0.3, 0.4) is 0 Å². The Bertz CT molecular complexity index is 310. The molecule has 3 heteroatoms. The number of rotatable bonds is 2. The molecule has 12 heavy (non-hydrogen) atoms. The van der Waals surface area contributed by atoms with Crippen LogP contribution in [-0.4, -0.2) is 9.97 Å². The minimum absolute atomic E-state index is 0.838. The summed E-state index contributed by atoms with van der Waals surface area (Å²) in [7, 11) is 0. The van der Waals surface area contributed by atoms with Crippen molar-refractivity contribution in [3.8, 4) is 0 Å². The topological polar surface area (TPSA) is 41.8 Å². The first kappa shape index (κ1) is 6.91. The average Bonchev–Trinajstić information content (AvgIpc) is 2.74. The van der Waals surface area contributed by atoms with E-state index in [1.807, 2.05) is 24.3 Å². The SMILES string of the molecule is C(=C\c1ccco1)/c1cnc[nH]1. The summed E-state index contributed by atoms with van der Waals surface area (Å²) in [5, 5.41) is 0. The highest BCUT2D eigenvalue weighted by atomic mass is 16.3. The Labute approximate surface area is 69.8 Å². The highest BCUT2D eigenvalue weighted by molar-refractivity contribution is 5.64. The summed E-state index contributed by atoms with van der Waals surface area (Å²) in [6.45, 7) is 0. The van der Waals surface area contributed by atoms with Crippen LogP contribution in [0.4, 0.5) is 0 Å². The van der Waals surface area contributed by atoms with E-state index in [9.17, 15) is 0 Å². The Balaban J connectivity index is 2.14. The van der Waals surface area contributed by atoms with Gasteiger partial charge in [0.05, 0.1) is 24.5 Å². The van der Waals surface area contributed by atoms with E-state index in [4.69, 9.17) is 4.42 Å². The van der Waals surface area contributed by atoms with Crippen molar-refractivity contribution in [2.24, 2.45) is 0 Å². The van der Waals surface area contributed by atoms with Crippen molar-refractivity contribution in [1.82, 2.24) is 9.97 Å². The van der Waals surface area contributed by atoms with Crippen molar-refractivity contribution < 1.29 is 4.42 Å². The highest BCUT2D eigenvalue weighted by Gasteiger charge is 1.88. The molecule has 60 valence electrons. The number of furan rings is 1. The van der Waals surface area contributed by atoms with Gasteiger partial charge in [0, 0.05) is 0 Å². The molecule has 2 heterocycles. The number of imidazole rings is 1. The molecule has 0 radical (unpaired) electrons. The third-order valence-corrected chi connectivity index (χ3v) is 1.49. The lowest BCUT2D eigenvalue weighted by Crippen LogP contribution is -1.66. The zero-order chi connectivity index (χ0) is 8.23. The number of aromatic amines is 1. The lowest BCUT2D eigenvalue weighted by atomic mass is 10.3. The second kappa shape index (κ2) is 3.09. The smallest absolute Gasteiger partial charge is 0.126 e. The fourth-order valence-corrected chi connectivity index (χ4v) is 0.916. The Hall–Kier alpha value is -1.77. The average molecular weight is 160 g/mol. The van der Waals surface area contributed by atoms with Gasteiger partial charge in [-0.05, 0) is 24.3 Å². The molecule has 3 nitrogen and oxygen atoms in total. The summed E-state index contributed by atoms with van der Waals surface area (Å²) in [6.07, 6.45) is 8.83. The maximum atomic E-state index is 5.11. The maximum absolute atomic E-state index is 5.11. The quantitative estimate of drug-likeness (QED) is 0.731. The molecule has 0 bridgehead atoms. The third kappa shape index (κ3) is 1.45. The lowest BCUT2D eigenvalue weighted by molar-refractivity contribution is 0.557. The van der Waals surface area contributed by atoms with Gasteiger partial charge in [0.2, 0.25) is 0 Å². The predicted octanol–water partition coefficient (Wildman–Crippen LogP) is 2.17. The van der Waals surface area contributed by atoms with E-state index in [1.165, 1.54) is 0 Å². The van der Waals surface area contributed by atoms with E-state index in [-0.39, 0.29) is 0 Å². The van der Waals surface area contributed by atoms with E-state index < -0.39 is 0 Å². The minimum atomic E-state index is 0.838. The van der Waals surface area contributed by atoms with E-state index in [0.29, 0.717) is 0 Å². The molecule has 0 saturated carbocycles. The van der Waals surface area contributed by atoms with E-state index >= 15 is 0 Å². The van der Waals surface area contributed by atoms with Crippen LogP contribution in [0.2, 0.25) is 0 Å². The third-order valence-electron chi connectivity index (χ3n) is 1.49. The first-order valence-corrected chi connectivity index (χ1v) is 3.65. The summed E-state index contributed by atoms with van der Waals surface area (Å²) in [6, 6.07) is 3.75. The maximum Gasteiger partial charge on any atom is 0.126 e. The molecule has 2 aromatic rings. The van der Waals surface area contributed by atoms with Crippen LogP contribution in [-0.2, 0) is 0 Å². The first-order valence-electron chi connectivity index (χ1n) is 3.65. The van der Waals surface area contributed by atoms with Gasteiger partial charge in [-0.3, -0.25) is 0 Å². The zero-order valence-corrected chi connectivity index (χ0v) is 6.40. The fourth-order valence-electron chi connectivity index (χ4n) is 0.916. The van der Waals surface area contributed by atoms with Crippen LogP contribution in [0.25, 0.3) is 12.2 Å². The molecule has 0 atom stereocenters. The lowest BCUT2D eigenvalue weighted by Gasteiger charge is -1.82. The second-order valence-corrected chi connectivity index (χ2v) is 2.36. The van der Waals surface area contributed by atoms with Crippen LogP contribution in [0, 0.1) is 0 Å². The van der Waals surface area contributed by atoms with Crippen molar-refractivity contribution >= 4 is 12.2 Å². The van der Waals surface area contributed by atoms with Gasteiger partial charge in [0.25, 0.3) is 0 Å². The summed E-state index contributed by atoms with van der Waals surface area (Å²) in [4.78, 5) is 6.84. The number of nitrogens with zero attached hydrogens (tertiary/aromatic N) is 1. The molecule has 0 aliphatic carbocycles. The van der Waals surface area contributed by atoms with Crippen LogP contribution in [0.15, 0.2) is 35.3 Å². The number of H-pyrrole nitrogens is 1. The van der Waals surface area contributed by atoms with E-state index in [2.05, 4.69) is 9.97 Å². The predicted molar refractivity (Wildman–Crippen MR) is 46.2 cm³/mol. The second-order valence-electron chi connectivity index (χ2n) is 2.36. The molecular formula is C9H8N2O. The molecule has 0 aromatic carbocycles. The standard InChI is InChI=1S/C9H8N2O/c1-2-9(12-5-1)4-3-8-6-10-7-11-8/h1-7H,(H,10,11)/b4-3+. The van der Waals surface area contributed by atoms with Crippen molar-refractivity contribution in [3.05, 3.63) is 42.4 Å². The van der Waals surface area contributed by atoms with Gasteiger partial charge < -0.3 is 9.40 Å². The molecule has 2 aromatic heterocycles. The van der Waals surface area contributed by atoms with Crippen molar-refractivity contribution in [2.75, 3.05) is 0 Å². The van der Waals surface area contributed by atoms with E-state index in [0.717, 1.165) is 11.5 Å². The number of hydrogen-bond acceptors (Lipinski definition) is 2. The van der Waals surface area contributed by atoms with Gasteiger partial charge in [0.15, 0.2) is 0 Å². The molecule has 0 fully saturated rings. The van der Waals surface area contributed by atoms with E-state index in [1.54, 1.807) is 18.8 Å². The molecule has 1 N–H and O–H groups in total. The van der Waals surface area contributed by atoms with Crippen LogP contribution < -0.4 is 0 Å². The molecular weight excluding hydrogens is 152 g/mol. The number of nitrogens with one attached hydrogen (secondary N) is 1. The largest absolute Gasteiger partial charge is 0.465 e. The van der Waals surface area contributed by atoms with Crippen LogP contribution in [0.1, 0.15) is 11.5 Å². The van der Waals surface area contributed by atoms with Gasteiger partial charge in [-0.25, -0.2) is 4.98 Å². The Kier molecular flexibility index (Phi) is 1.78. The minimum Gasteiger partial charge on any atom is -0.465 e. The summed E-state index contributed by atoms with van der Waals surface area (Å²) in [5.41, 5.74) is 0.964. The van der Waals surface area contributed by atoms with Crippen molar-refractivity contribution in [2.45, 2.75) is 0 Å². The molecule has 0 aliphatic rings. The first-order chi connectivity index (χ1) is 5.95. The van der Waals surface area contributed by atoms with Gasteiger partial charge in [0.1, 0.15) is 5.76 Å². The van der Waals surface area contributed by atoms with Gasteiger partial charge in [-0.2, -0.15) is 0 Å².